The first-order valence-electron chi connectivity index (χ1n) is 7.56. The Bertz CT molecular complexity index is 1060. The predicted octanol–water partition coefficient (Wildman–Crippen LogP) is 4.09. The van der Waals surface area contributed by atoms with E-state index < -0.39 is 5.78 Å². The molecule has 0 unspecified atom stereocenters. The van der Waals surface area contributed by atoms with E-state index in [-0.39, 0.29) is 28.6 Å². The molecule has 1 aromatic carbocycles. The van der Waals surface area contributed by atoms with E-state index in [1.807, 2.05) is 0 Å². The molecule has 0 saturated carbocycles. The van der Waals surface area contributed by atoms with Crippen LogP contribution in [-0.4, -0.2) is 15.9 Å². The molecule has 3 heterocycles. The molecule has 0 radical (unpaired) electrons. The fraction of sp³-hybridized carbons (Fsp3) is 0.0526. The van der Waals surface area contributed by atoms with Crippen molar-refractivity contribution < 1.29 is 23.1 Å². The molecule has 0 fully saturated rings. The molecule has 0 spiro atoms. The zero-order chi connectivity index (χ0) is 17.4. The fourth-order valence-corrected chi connectivity index (χ4v) is 2.58. The van der Waals surface area contributed by atoms with Crippen molar-refractivity contribution in [2.75, 3.05) is 0 Å². The van der Waals surface area contributed by atoms with E-state index in [2.05, 4.69) is 4.98 Å². The van der Waals surface area contributed by atoms with Crippen LogP contribution in [0.2, 0.25) is 0 Å². The molecule has 0 saturated heterocycles. The van der Waals surface area contributed by atoms with Crippen LogP contribution in [0.5, 0.6) is 5.75 Å². The number of hydrogen-bond acceptors (Lipinski definition) is 5. The summed E-state index contributed by atoms with van der Waals surface area (Å²) in [5, 5.41) is 10.1. The summed E-state index contributed by atoms with van der Waals surface area (Å²) in [6, 6.07) is 12.5. The Morgan fingerprint density at radius 2 is 1.88 bits per heavy atom. The number of aromatic hydroxyl groups is 1. The quantitative estimate of drug-likeness (QED) is 0.568. The minimum atomic E-state index is -0.569. The second kappa shape index (κ2) is 5.90. The second-order valence-corrected chi connectivity index (χ2v) is 5.53. The van der Waals surface area contributed by atoms with Gasteiger partial charge in [0.25, 0.3) is 5.78 Å². The van der Waals surface area contributed by atoms with Gasteiger partial charge in [-0.25, -0.2) is 9.37 Å². The van der Waals surface area contributed by atoms with Crippen molar-refractivity contribution >= 4 is 16.9 Å². The Hall–Kier alpha value is -3.41. The zero-order valence-corrected chi connectivity index (χ0v) is 12.9. The maximum atomic E-state index is 12.9. The molecule has 4 aromatic rings. The summed E-state index contributed by atoms with van der Waals surface area (Å²) >= 11 is 0. The van der Waals surface area contributed by atoms with E-state index in [4.69, 9.17) is 8.83 Å². The predicted molar refractivity (Wildman–Crippen MR) is 87.0 cm³/mol. The highest BCUT2D eigenvalue weighted by molar-refractivity contribution is 6.09. The molecule has 0 aliphatic rings. The van der Waals surface area contributed by atoms with E-state index in [1.54, 1.807) is 30.3 Å². The van der Waals surface area contributed by atoms with Crippen molar-refractivity contribution in [3.05, 3.63) is 83.4 Å². The number of halogens is 1. The molecule has 0 aliphatic heterocycles. The van der Waals surface area contributed by atoms with Gasteiger partial charge in [0.2, 0.25) is 5.76 Å². The van der Waals surface area contributed by atoms with E-state index in [0.717, 1.165) is 5.56 Å². The van der Waals surface area contributed by atoms with Gasteiger partial charge in [-0.3, -0.25) is 4.79 Å². The van der Waals surface area contributed by atoms with Gasteiger partial charge in [0.05, 0.1) is 0 Å². The molecule has 3 aromatic heterocycles. The highest BCUT2D eigenvalue weighted by atomic mass is 19.1. The third-order valence-electron chi connectivity index (χ3n) is 3.81. The number of ketones is 1. The van der Waals surface area contributed by atoms with Crippen LogP contribution in [-0.2, 0) is 6.42 Å². The summed E-state index contributed by atoms with van der Waals surface area (Å²) in [6.45, 7) is 0. The summed E-state index contributed by atoms with van der Waals surface area (Å²) in [6.07, 6.45) is 1.92. The van der Waals surface area contributed by atoms with Crippen LogP contribution in [0.15, 0.2) is 63.6 Å². The molecule has 1 N–H and O–H groups in total. The van der Waals surface area contributed by atoms with Gasteiger partial charge in [-0.15, -0.1) is 0 Å². The smallest absolute Gasteiger partial charge is 0.267 e. The van der Waals surface area contributed by atoms with Gasteiger partial charge in [-0.1, -0.05) is 12.1 Å². The number of furan rings is 2. The lowest BCUT2D eigenvalue weighted by molar-refractivity contribution is 0.0980. The number of nitrogens with zero attached hydrogens (tertiary/aromatic N) is 1. The van der Waals surface area contributed by atoms with E-state index in [9.17, 15) is 14.3 Å². The molecular formula is C19H12FNO4. The van der Waals surface area contributed by atoms with Crippen LogP contribution in [0.25, 0.3) is 11.1 Å². The number of hydrogen-bond donors (Lipinski definition) is 1. The van der Waals surface area contributed by atoms with Crippen LogP contribution in [0.4, 0.5) is 4.39 Å². The number of rotatable bonds is 4. The largest absolute Gasteiger partial charge is 0.503 e. The Labute approximate surface area is 141 Å². The average Bonchev–Trinajstić information content (AvgIpc) is 3.22. The number of pyridine rings is 1. The van der Waals surface area contributed by atoms with Crippen LogP contribution >= 0.6 is 0 Å². The van der Waals surface area contributed by atoms with E-state index >= 15 is 0 Å². The van der Waals surface area contributed by atoms with Crippen LogP contribution in [0, 0.1) is 5.82 Å². The first kappa shape index (κ1) is 15.1. The van der Waals surface area contributed by atoms with Gasteiger partial charge in [0.1, 0.15) is 11.6 Å². The van der Waals surface area contributed by atoms with Crippen molar-refractivity contribution in [2.24, 2.45) is 0 Å². The standard InChI is InChI=1S/C19H12FNO4/c20-12-5-3-11(4-6-12)10-13-7-8-15(24-13)17(22)19-18(23)16-14(25-19)2-1-9-21-16/h1-9,23H,10H2. The Kier molecular flexibility index (Phi) is 3.57. The average molecular weight is 337 g/mol. The highest BCUT2D eigenvalue weighted by Crippen LogP contribution is 2.32. The number of aromatic nitrogens is 1. The monoisotopic (exact) mass is 337 g/mol. The van der Waals surface area contributed by atoms with Crippen molar-refractivity contribution in [1.82, 2.24) is 4.98 Å². The second-order valence-electron chi connectivity index (χ2n) is 5.53. The summed E-state index contributed by atoms with van der Waals surface area (Å²) in [5.41, 5.74) is 1.40. The van der Waals surface area contributed by atoms with Gasteiger partial charge in [0, 0.05) is 12.6 Å². The number of carbonyl (C=O) groups is 1. The SMILES string of the molecule is O=C(c1ccc(Cc2ccc(F)cc2)o1)c1oc2cccnc2c1O. The van der Waals surface area contributed by atoms with Crippen molar-refractivity contribution in [3.8, 4) is 5.75 Å². The lowest BCUT2D eigenvalue weighted by atomic mass is 10.1. The Balaban J connectivity index is 1.61. The van der Waals surface area contributed by atoms with Gasteiger partial charge in [-0.2, -0.15) is 0 Å². The molecule has 25 heavy (non-hydrogen) atoms. The van der Waals surface area contributed by atoms with E-state index in [1.165, 1.54) is 24.4 Å². The Morgan fingerprint density at radius 1 is 1.08 bits per heavy atom. The van der Waals surface area contributed by atoms with Crippen LogP contribution < -0.4 is 0 Å². The molecule has 4 rings (SSSR count). The van der Waals surface area contributed by atoms with Crippen LogP contribution in [0.1, 0.15) is 27.6 Å². The van der Waals surface area contributed by atoms with Crippen molar-refractivity contribution in [3.63, 3.8) is 0 Å². The van der Waals surface area contributed by atoms with Gasteiger partial charge in [0.15, 0.2) is 22.6 Å². The van der Waals surface area contributed by atoms with Gasteiger partial charge >= 0.3 is 0 Å². The van der Waals surface area contributed by atoms with Crippen LogP contribution in [0.3, 0.4) is 0 Å². The number of fused-ring (bicyclic) bond motifs is 1. The topological polar surface area (TPSA) is 76.5 Å². The first-order valence-corrected chi connectivity index (χ1v) is 7.56. The maximum Gasteiger partial charge on any atom is 0.267 e. The molecule has 5 nitrogen and oxygen atoms in total. The van der Waals surface area contributed by atoms with Gasteiger partial charge in [-0.05, 0) is 42.0 Å². The number of carbonyl (C=O) groups excluding carboxylic acids is 1. The first-order chi connectivity index (χ1) is 12.1. The third-order valence-corrected chi connectivity index (χ3v) is 3.81. The van der Waals surface area contributed by atoms with Gasteiger partial charge < -0.3 is 13.9 Å². The van der Waals surface area contributed by atoms with Crippen molar-refractivity contribution in [1.29, 1.82) is 0 Å². The molecule has 0 atom stereocenters. The fourth-order valence-electron chi connectivity index (χ4n) is 2.58. The summed E-state index contributed by atoms with van der Waals surface area (Å²) in [5.74, 6) is -0.808. The summed E-state index contributed by atoms with van der Waals surface area (Å²) < 4.78 is 23.9. The molecule has 6 heteroatoms. The molecule has 124 valence electrons. The zero-order valence-electron chi connectivity index (χ0n) is 12.9. The Morgan fingerprint density at radius 3 is 2.64 bits per heavy atom. The maximum absolute atomic E-state index is 12.9. The van der Waals surface area contributed by atoms with Crippen molar-refractivity contribution in [2.45, 2.75) is 6.42 Å². The molecular weight excluding hydrogens is 325 g/mol. The minimum absolute atomic E-state index is 0.0477. The highest BCUT2D eigenvalue weighted by Gasteiger charge is 2.24. The third kappa shape index (κ3) is 2.78. The lowest BCUT2D eigenvalue weighted by Crippen LogP contribution is -1.98. The van der Waals surface area contributed by atoms with E-state index in [0.29, 0.717) is 17.8 Å². The molecule has 0 bridgehead atoms. The minimum Gasteiger partial charge on any atom is -0.503 e. The summed E-state index contributed by atoms with van der Waals surface area (Å²) in [4.78, 5) is 16.5. The summed E-state index contributed by atoms with van der Waals surface area (Å²) in [7, 11) is 0. The lowest BCUT2D eigenvalue weighted by Gasteiger charge is -1.98. The normalized spacial score (nSPS) is 11.1. The molecule has 0 aliphatic carbocycles. The number of benzene rings is 1. The molecule has 0 amide bonds.